The number of aromatic nitrogens is 4. The summed E-state index contributed by atoms with van der Waals surface area (Å²) in [5.74, 6) is -0.992. The summed E-state index contributed by atoms with van der Waals surface area (Å²) in [6.45, 7) is -0.0370. The molecule has 1 aromatic carbocycles. The van der Waals surface area contributed by atoms with E-state index in [0.717, 1.165) is 18.4 Å². The molecule has 0 unspecified atom stereocenters. The number of nitrogens with zero attached hydrogens (tertiary/aromatic N) is 4. The number of H-pyrrole nitrogens is 1. The molecule has 1 amide bonds. The van der Waals surface area contributed by atoms with Gasteiger partial charge in [0, 0.05) is 12.5 Å². The third-order valence-corrected chi connectivity index (χ3v) is 4.90. The van der Waals surface area contributed by atoms with Crippen LogP contribution >= 0.6 is 11.6 Å². The van der Waals surface area contributed by atoms with Crippen LogP contribution in [0.4, 0.5) is 5.82 Å². The molecule has 2 aromatic heterocycles. The van der Waals surface area contributed by atoms with E-state index in [1.54, 1.807) is 0 Å². The maximum absolute atomic E-state index is 12.7. The van der Waals surface area contributed by atoms with E-state index in [4.69, 9.17) is 11.6 Å². The number of imidazole rings is 1. The van der Waals surface area contributed by atoms with Gasteiger partial charge in [-0.25, -0.2) is 9.78 Å². The monoisotopic (exact) mass is 414 g/mol. The van der Waals surface area contributed by atoms with E-state index in [1.807, 2.05) is 35.2 Å². The van der Waals surface area contributed by atoms with Crippen molar-refractivity contribution < 1.29 is 14.7 Å². The van der Waals surface area contributed by atoms with Gasteiger partial charge in [0.2, 0.25) is 11.2 Å². The fraction of sp³-hybridized carbons (Fsp3) is 0.316. The normalized spacial score (nSPS) is 14.5. The molecular weight excluding hydrogens is 396 g/mol. The van der Waals surface area contributed by atoms with Gasteiger partial charge in [0.1, 0.15) is 11.6 Å². The lowest BCUT2D eigenvalue weighted by molar-refractivity contribution is -0.141. The number of anilines is 1. The number of aromatic amines is 1. The topological polar surface area (TPSA) is 124 Å². The summed E-state index contributed by atoms with van der Waals surface area (Å²) in [5.41, 5.74) is 1.84. The van der Waals surface area contributed by atoms with Gasteiger partial charge in [-0.3, -0.25) is 4.79 Å². The van der Waals surface area contributed by atoms with Crippen LogP contribution in [-0.4, -0.2) is 55.5 Å². The number of carboxylic acids is 1. The first kappa shape index (κ1) is 19.1. The van der Waals surface area contributed by atoms with Crippen molar-refractivity contribution in [2.45, 2.75) is 31.3 Å². The minimum absolute atomic E-state index is 0.0370. The standard InChI is InChI=1S/C19H19ClN6O3/c20-19-24-16-15(21-10-22-16)17(25-19)26(12-6-7-12)9-14(27)23-13(18(28)29)8-11-4-2-1-3-5-11/h1-5,10,12-13H,6-9H2,(H,23,27)(H,28,29)(H,21,22,24,25)/t13-/m0/s1. The van der Waals surface area contributed by atoms with Gasteiger partial charge in [0.15, 0.2) is 11.5 Å². The Morgan fingerprint density at radius 3 is 2.72 bits per heavy atom. The Labute approximate surface area is 171 Å². The van der Waals surface area contributed by atoms with Crippen LogP contribution in [0.25, 0.3) is 11.2 Å². The SMILES string of the molecule is O=C(CN(c1nc(Cl)nc2nc[nH]c12)C1CC1)N[C@@H](Cc1ccccc1)C(=O)O. The molecule has 0 radical (unpaired) electrons. The Kier molecular flexibility index (Phi) is 5.30. The molecule has 150 valence electrons. The quantitative estimate of drug-likeness (QED) is 0.480. The largest absolute Gasteiger partial charge is 0.480 e. The number of hydrogen-bond acceptors (Lipinski definition) is 6. The number of fused-ring (bicyclic) bond motifs is 1. The number of aliphatic carboxylic acids is 1. The van der Waals surface area contributed by atoms with Crippen LogP contribution in [0, 0.1) is 0 Å². The minimum atomic E-state index is -1.08. The molecule has 1 saturated carbocycles. The van der Waals surface area contributed by atoms with Crippen LogP contribution in [-0.2, 0) is 16.0 Å². The minimum Gasteiger partial charge on any atom is -0.480 e. The Bertz CT molecular complexity index is 1040. The zero-order valence-corrected chi connectivity index (χ0v) is 16.1. The fourth-order valence-electron chi connectivity index (χ4n) is 3.21. The summed E-state index contributed by atoms with van der Waals surface area (Å²) in [5, 5.41) is 12.2. The van der Waals surface area contributed by atoms with E-state index in [-0.39, 0.29) is 24.3 Å². The molecule has 3 aromatic rings. The molecule has 2 heterocycles. The highest BCUT2D eigenvalue weighted by atomic mass is 35.5. The smallest absolute Gasteiger partial charge is 0.326 e. The maximum Gasteiger partial charge on any atom is 0.326 e. The molecule has 0 aliphatic heterocycles. The van der Waals surface area contributed by atoms with Crippen LogP contribution < -0.4 is 10.2 Å². The molecule has 4 rings (SSSR count). The number of carbonyl (C=O) groups is 2. The van der Waals surface area contributed by atoms with Crippen molar-refractivity contribution in [2.75, 3.05) is 11.4 Å². The molecule has 10 heteroatoms. The first-order valence-electron chi connectivity index (χ1n) is 9.20. The average molecular weight is 415 g/mol. The molecule has 0 saturated heterocycles. The summed E-state index contributed by atoms with van der Waals surface area (Å²) in [4.78, 5) is 41.6. The van der Waals surface area contributed by atoms with Gasteiger partial charge in [-0.1, -0.05) is 30.3 Å². The number of hydrogen-bond donors (Lipinski definition) is 3. The number of amides is 1. The number of halogens is 1. The maximum atomic E-state index is 12.7. The second kappa shape index (κ2) is 8.04. The second-order valence-electron chi connectivity index (χ2n) is 6.92. The van der Waals surface area contributed by atoms with Crippen LogP contribution in [0.5, 0.6) is 0 Å². The van der Waals surface area contributed by atoms with Gasteiger partial charge >= 0.3 is 5.97 Å². The first-order chi connectivity index (χ1) is 14.0. The first-order valence-corrected chi connectivity index (χ1v) is 9.58. The number of rotatable bonds is 8. The van der Waals surface area contributed by atoms with E-state index < -0.39 is 17.9 Å². The summed E-state index contributed by atoms with van der Waals surface area (Å²) in [7, 11) is 0. The lowest BCUT2D eigenvalue weighted by Crippen LogP contribution is -2.47. The molecule has 1 fully saturated rings. The Balaban J connectivity index is 1.51. The van der Waals surface area contributed by atoms with Gasteiger partial charge < -0.3 is 20.3 Å². The van der Waals surface area contributed by atoms with Crippen molar-refractivity contribution in [2.24, 2.45) is 0 Å². The summed E-state index contributed by atoms with van der Waals surface area (Å²) in [6.07, 6.45) is 3.52. The number of benzene rings is 1. The van der Waals surface area contributed by atoms with Crippen molar-refractivity contribution in [3.05, 3.63) is 47.5 Å². The molecule has 3 N–H and O–H groups in total. The van der Waals surface area contributed by atoms with Crippen molar-refractivity contribution >= 4 is 40.5 Å². The predicted octanol–water partition coefficient (Wildman–Crippen LogP) is 1.79. The zero-order chi connectivity index (χ0) is 20.4. The van der Waals surface area contributed by atoms with Gasteiger partial charge in [-0.2, -0.15) is 9.97 Å². The van der Waals surface area contributed by atoms with Crippen molar-refractivity contribution in [1.82, 2.24) is 25.3 Å². The highest BCUT2D eigenvalue weighted by Crippen LogP contribution is 2.33. The van der Waals surface area contributed by atoms with Crippen molar-refractivity contribution in [3.63, 3.8) is 0 Å². The van der Waals surface area contributed by atoms with Crippen LogP contribution in [0.15, 0.2) is 36.7 Å². The molecule has 1 aliphatic carbocycles. The van der Waals surface area contributed by atoms with Crippen LogP contribution in [0.2, 0.25) is 5.28 Å². The van der Waals surface area contributed by atoms with Gasteiger partial charge in [0.05, 0.1) is 12.9 Å². The lowest BCUT2D eigenvalue weighted by atomic mass is 10.1. The number of carbonyl (C=O) groups excluding carboxylic acids is 1. The Hall–Kier alpha value is -3.20. The summed E-state index contributed by atoms with van der Waals surface area (Å²) in [6, 6.07) is 8.29. The lowest BCUT2D eigenvalue weighted by Gasteiger charge is -2.24. The van der Waals surface area contributed by atoms with Crippen LogP contribution in [0.1, 0.15) is 18.4 Å². The van der Waals surface area contributed by atoms with Gasteiger partial charge in [-0.15, -0.1) is 0 Å². The predicted molar refractivity (Wildman–Crippen MR) is 107 cm³/mol. The average Bonchev–Trinajstić information content (AvgIpc) is 3.43. The second-order valence-corrected chi connectivity index (χ2v) is 7.26. The van der Waals surface area contributed by atoms with E-state index in [1.165, 1.54) is 6.33 Å². The highest BCUT2D eigenvalue weighted by Gasteiger charge is 2.34. The van der Waals surface area contributed by atoms with Gasteiger partial charge in [-0.05, 0) is 30.0 Å². The third-order valence-electron chi connectivity index (χ3n) is 4.73. The van der Waals surface area contributed by atoms with E-state index in [2.05, 4.69) is 25.3 Å². The fourth-order valence-corrected chi connectivity index (χ4v) is 3.37. The van der Waals surface area contributed by atoms with E-state index in [0.29, 0.717) is 17.0 Å². The molecule has 29 heavy (non-hydrogen) atoms. The summed E-state index contributed by atoms with van der Waals surface area (Å²) >= 11 is 6.02. The summed E-state index contributed by atoms with van der Waals surface area (Å²) < 4.78 is 0. The van der Waals surface area contributed by atoms with Crippen molar-refractivity contribution in [3.8, 4) is 0 Å². The van der Waals surface area contributed by atoms with Crippen molar-refractivity contribution in [1.29, 1.82) is 0 Å². The molecule has 1 atom stereocenters. The van der Waals surface area contributed by atoms with E-state index in [9.17, 15) is 14.7 Å². The molecule has 9 nitrogen and oxygen atoms in total. The molecule has 0 spiro atoms. The van der Waals surface area contributed by atoms with E-state index >= 15 is 0 Å². The highest BCUT2D eigenvalue weighted by molar-refractivity contribution is 6.28. The number of nitrogens with one attached hydrogen (secondary N) is 2. The zero-order valence-electron chi connectivity index (χ0n) is 15.4. The molecular formula is C19H19ClN6O3. The van der Waals surface area contributed by atoms with Crippen LogP contribution in [0.3, 0.4) is 0 Å². The van der Waals surface area contributed by atoms with Gasteiger partial charge in [0.25, 0.3) is 0 Å². The molecule has 1 aliphatic rings. The third kappa shape index (κ3) is 4.45. The molecule has 0 bridgehead atoms. The Morgan fingerprint density at radius 1 is 1.28 bits per heavy atom. The number of carboxylic acid groups (broad SMARTS) is 1. The Morgan fingerprint density at radius 2 is 2.03 bits per heavy atom.